The standard InChI is InChI=1S/C22H27ClFN3O4S/c1-4-11-25-22(29)16(2)26(14-17-7-5-8-18(23)12-17)21(28)15-27(32(3,30)31)20-10-6-9-19(24)13-20/h5-10,12-13,16H,4,11,14-15H2,1-3H3,(H,25,29). The Kier molecular flexibility index (Phi) is 9.03. The maximum Gasteiger partial charge on any atom is 0.244 e. The van der Waals surface area contributed by atoms with Gasteiger partial charge in [0, 0.05) is 18.1 Å². The van der Waals surface area contributed by atoms with Gasteiger partial charge in [-0.2, -0.15) is 0 Å². The second-order valence-electron chi connectivity index (χ2n) is 7.37. The Bertz CT molecular complexity index is 1060. The smallest absolute Gasteiger partial charge is 0.244 e. The van der Waals surface area contributed by atoms with Crippen molar-refractivity contribution in [3.8, 4) is 0 Å². The monoisotopic (exact) mass is 483 g/mol. The molecular formula is C22H27ClFN3O4S. The molecule has 2 rings (SSSR count). The number of nitrogens with one attached hydrogen (secondary N) is 1. The van der Waals surface area contributed by atoms with E-state index in [0.29, 0.717) is 17.1 Å². The van der Waals surface area contributed by atoms with Gasteiger partial charge in [0.2, 0.25) is 21.8 Å². The first-order valence-corrected chi connectivity index (χ1v) is 12.3. The van der Waals surface area contributed by atoms with Gasteiger partial charge in [-0.1, -0.05) is 36.7 Å². The molecule has 2 amide bonds. The second-order valence-corrected chi connectivity index (χ2v) is 9.71. The van der Waals surface area contributed by atoms with E-state index < -0.39 is 34.3 Å². The van der Waals surface area contributed by atoms with Crippen molar-refractivity contribution in [1.29, 1.82) is 0 Å². The zero-order chi connectivity index (χ0) is 23.9. The summed E-state index contributed by atoms with van der Waals surface area (Å²) in [6.45, 7) is 3.37. The molecule has 0 bridgehead atoms. The fourth-order valence-electron chi connectivity index (χ4n) is 3.06. The molecule has 0 heterocycles. The minimum absolute atomic E-state index is 0.0200. The number of benzene rings is 2. The Morgan fingerprint density at radius 1 is 1.16 bits per heavy atom. The van der Waals surface area contributed by atoms with Crippen LogP contribution in [0.3, 0.4) is 0 Å². The third-order valence-corrected chi connectivity index (χ3v) is 6.11. The molecule has 174 valence electrons. The Morgan fingerprint density at radius 3 is 2.44 bits per heavy atom. The number of hydrogen-bond acceptors (Lipinski definition) is 4. The van der Waals surface area contributed by atoms with Gasteiger partial charge in [-0.05, 0) is 49.2 Å². The van der Waals surface area contributed by atoms with Crippen molar-refractivity contribution in [3.05, 3.63) is 64.9 Å². The maximum atomic E-state index is 13.7. The number of sulfonamides is 1. The molecule has 0 aliphatic carbocycles. The van der Waals surface area contributed by atoms with Gasteiger partial charge in [0.25, 0.3) is 0 Å². The number of hydrogen-bond donors (Lipinski definition) is 1. The first-order valence-electron chi connectivity index (χ1n) is 10.1. The lowest BCUT2D eigenvalue weighted by molar-refractivity contribution is -0.139. The first kappa shape index (κ1) is 25.6. The molecule has 1 unspecified atom stereocenters. The fourth-order valence-corrected chi connectivity index (χ4v) is 4.11. The van der Waals surface area contributed by atoms with Crippen molar-refractivity contribution in [2.75, 3.05) is 23.7 Å². The first-order chi connectivity index (χ1) is 15.0. The highest BCUT2D eigenvalue weighted by atomic mass is 35.5. The van der Waals surface area contributed by atoms with E-state index in [-0.39, 0.29) is 18.1 Å². The molecular weight excluding hydrogens is 457 g/mol. The molecule has 0 saturated heterocycles. The van der Waals surface area contributed by atoms with Gasteiger partial charge in [-0.15, -0.1) is 0 Å². The lowest BCUT2D eigenvalue weighted by atomic mass is 10.1. The number of amides is 2. The Balaban J connectivity index is 2.37. The summed E-state index contributed by atoms with van der Waals surface area (Å²) in [7, 11) is -3.91. The third kappa shape index (κ3) is 7.20. The van der Waals surface area contributed by atoms with Crippen molar-refractivity contribution >= 4 is 39.1 Å². The molecule has 1 atom stereocenters. The molecule has 2 aromatic rings. The SMILES string of the molecule is CCCNC(=O)C(C)N(Cc1cccc(Cl)c1)C(=O)CN(c1cccc(F)c1)S(C)(=O)=O. The molecule has 0 radical (unpaired) electrons. The van der Waals surface area contributed by atoms with Crippen molar-refractivity contribution < 1.29 is 22.4 Å². The normalized spacial score (nSPS) is 12.2. The zero-order valence-corrected chi connectivity index (χ0v) is 19.8. The van der Waals surface area contributed by atoms with Gasteiger partial charge in [0.1, 0.15) is 18.4 Å². The highest BCUT2D eigenvalue weighted by Crippen LogP contribution is 2.20. The summed E-state index contributed by atoms with van der Waals surface area (Å²) in [5, 5.41) is 3.22. The topological polar surface area (TPSA) is 86.8 Å². The largest absolute Gasteiger partial charge is 0.354 e. The van der Waals surface area contributed by atoms with Crippen LogP contribution in [0.1, 0.15) is 25.8 Å². The van der Waals surface area contributed by atoms with Gasteiger partial charge < -0.3 is 10.2 Å². The van der Waals surface area contributed by atoms with E-state index in [2.05, 4.69) is 5.32 Å². The second kappa shape index (κ2) is 11.3. The number of rotatable bonds is 10. The van der Waals surface area contributed by atoms with Crippen LogP contribution in [0.4, 0.5) is 10.1 Å². The molecule has 10 heteroatoms. The Hall–Kier alpha value is -2.65. The minimum Gasteiger partial charge on any atom is -0.354 e. The predicted molar refractivity (Wildman–Crippen MR) is 123 cm³/mol. The van der Waals surface area contributed by atoms with Crippen LogP contribution >= 0.6 is 11.6 Å². The molecule has 0 aromatic heterocycles. The van der Waals surface area contributed by atoms with Gasteiger partial charge in [-0.25, -0.2) is 12.8 Å². The molecule has 1 N–H and O–H groups in total. The molecule has 7 nitrogen and oxygen atoms in total. The van der Waals surface area contributed by atoms with Crippen LogP contribution in [0.2, 0.25) is 5.02 Å². The highest BCUT2D eigenvalue weighted by molar-refractivity contribution is 7.92. The van der Waals surface area contributed by atoms with Gasteiger partial charge in [-0.3, -0.25) is 13.9 Å². The summed E-state index contributed by atoms with van der Waals surface area (Å²) >= 11 is 6.05. The summed E-state index contributed by atoms with van der Waals surface area (Å²) in [5.41, 5.74) is 0.698. The number of halogens is 2. The number of carbonyl (C=O) groups excluding carboxylic acids is 2. The number of anilines is 1. The predicted octanol–water partition coefficient (Wildman–Crippen LogP) is 3.19. The van der Waals surface area contributed by atoms with Crippen molar-refractivity contribution in [1.82, 2.24) is 10.2 Å². The van der Waals surface area contributed by atoms with E-state index >= 15 is 0 Å². The van der Waals surface area contributed by atoms with Crippen molar-refractivity contribution in [2.24, 2.45) is 0 Å². The molecule has 0 saturated carbocycles. The number of nitrogens with zero attached hydrogens (tertiary/aromatic N) is 2. The van der Waals surface area contributed by atoms with Gasteiger partial charge in [0.15, 0.2) is 0 Å². The fraction of sp³-hybridized carbons (Fsp3) is 0.364. The van der Waals surface area contributed by atoms with E-state index in [4.69, 9.17) is 11.6 Å². The Morgan fingerprint density at radius 2 is 1.84 bits per heavy atom. The molecule has 0 aliphatic heterocycles. The Labute approximate surface area is 193 Å². The van der Waals surface area contributed by atoms with Crippen LogP contribution in [0.15, 0.2) is 48.5 Å². The van der Waals surface area contributed by atoms with Crippen molar-refractivity contribution in [3.63, 3.8) is 0 Å². The average Bonchev–Trinajstić information content (AvgIpc) is 2.72. The van der Waals surface area contributed by atoms with E-state index in [1.54, 1.807) is 31.2 Å². The zero-order valence-electron chi connectivity index (χ0n) is 18.2. The van der Waals surface area contributed by atoms with Crippen LogP contribution in [0.5, 0.6) is 0 Å². The van der Waals surface area contributed by atoms with Gasteiger partial charge >= 0.3 is 0 Å². The molecule has 2 aromatic carbocycles. The summed E-state index contributed by atoms with van der Waals surface area (Å²) in [6.07, 6.45) is 1.66. The lowest BCUT2D eigenvalue weighted by Gasteiger charge is -2.31. The summed E-state index contributed by atoms with van der Waals surface area (Å²) in [4.78, 5) is 27.2. The summed E-state index contributed by atoms with van der Waals surface area (Å²) < 4.78 is 39.3. The molecule has 0 fully saturated rings. The molecule has 0 aliphatic rings. The van der Waals surface area contributed by atoms with Crippen LogP contribution in [0, 0.1) is 5.82 Å². The van der Waals surface area contributed by atoms with Crippen LogP contribution < -0.4 is 9.62 Å². The molecule has 0 spiro atoms. The molecule has 32 heavy (non-hydrogen) atoms. The minimum atomic E-state index is -3.91. The van der Waals surface area contributed by atoms with E-state index in [0.717, 1.165) is 23.0 Å². The van der Waals surface area contributed by atoms with E-state index in [9.17, 15) is 22.4 Å². The van der Waals surface area contributed by atoms with Gasteiger partial charge in [0.05, 0.1) is 11.9 Å². The summed E-state index contributed by atoms with van der Waals surface area (Å²) in [6, 6.07) is 10.9. The number of carbonyl (C=O) groups is 2. The summed E-state index contributed by atoms with van der Waals surface area (Å²) in [5.74, 6) is -1.61. The quantitative estimate of drug-likeness (QED) is 0.562. The van der Waals surface area contributed by atoms with Crippen LogP contribution in [-0.2, 0) is 26.2 Å². The van der Waals surface area contributed by atoms with E-state index in [1.165, 1.54) is 23.1 Å². The van der Waals surface area contributed by atoms with Crippen molar-refractivity contribution in [2.45, 2.75) is 32.9 Å². The third-order valence-electron chi connectivity index (χ3n) is 4.73. The van der Waals surface area contributed by atoms with Crippen LogP contribution in [-0.4, -0.2) is 50.5 Å². The lowest BCUT2D eigenvalue weighted by Crippen LogP contribution is -2.51. The van der Waals surface area contributed by atoms with E-state index in [1.807, 2.05) is 6.92 Å². The maximum absolute atomic E-state index is 13.7. The van der Waals surface area contributed by atoms with Crippen LogP contribution in [0.25, 0.3) is 0 Å². The average molecular weight is 484 g/mol. The highest BCUT2D eigenvalue weighted by Gasteiger charge is 2.30.